The Balaban J connectivity index is 2.34. The van der Waals surface area contributed by atoms with Gasteiger partial charge in [0, 0.05) is 5.56 Å². The van der Waals surface area contributed by atoms with E-state index >= 15 is 0 Å². The molecule has 24 heavy (non-hydrogen) atoms. The number of imidazole rings is 1. The molecule has 126 valence electrons. The van der Waals surface area contributed by atoms with Crippen molar-refractivity contribution in [3.05, 3.63) is 46.3 Å². The summed E-state index contributed by atoms with van der Waals surface area (Å²) in [7, 11) is 0. The van der Waals surface area contributed by atoms with Gasteiger partial charge in [-0.25, -0.2) is 14.2 Å². The van der Waals surface area contributed by atoms with Crippen molar-refractivity contribution in [3.8, 4) is 11.3 Å². The predicted octanol–water partition coefficient (Wildman–Crippen LogP) is 4.48. The Labute approximate surface area is 137 Å². The first kappa shape index (κ1) is 16.4. The number of carboxylic acid groups (broad SMARTS) is 1. The monoisotopic (exact) mass is 358 g/mol. The molecule has 3 aromatic rings. The zero-order valence-electron chi connectivity index (χ0n) is 12.2. The second kappa shape index (κ2) is 5.59. The summed E-state index contributed by atoms with van der Waals surface area (Å²) in [5.74, 6) is -2.12. The van der Waals surface area contributed by atoms with Gasteiger partial charge in [0.05, 0.1) is 11.4 Å². The predicted molar refractivity (Wildman–Crippen MR) is 79.8 cm³/mol. The topological polar surface area (TPSA) is 54.6 Å². The second-order valence-corrected chi connectivity index (χ2v) is 5.95. The third-order valence-electron chi connectivity index (χ3n) is 3.49. The Hall–Kier alpha value is -2.42. The van der Waals surface area contributed by atoms with Crippen LogP contribution in [-0.2, 0) is 12.6 Å². The van der Waals surface area contributed by atoms with E-state index in [9.17, 15) is 22.4 Å². The van der Waals surface area contributed by atoms with Gasteiger partial charge in [-0.05, 0) is 30.7 Å². The summed E-state index contributed by atoms with van der Waals surface area (Å²) in [6.07, 6.45) is -4.64. The van der Waals surface area contributed by atoms with Crippen LogP contribution in [0.25, 0.3) is 16.2 Å². The van der Waals surface area contributed by atoms with Crippen LogP contribution in [0.1, 0.15) is 28.0 Å². The standard InChI is InChI=1S/C15H10F4N2O2S/c1-2-9-10(7-3-5-8(16)6-4-7)20-14-21(9)12(15(17,18)19)11(24-14)13(22)23/h3-6H,2H2,1H3,(H,22,23). The average Bonchev–Trinajstić information content (AvgIpc) is 3.02. The molecule has 0 fully saturated rings. The molecule has 0 unspecified atom stereocenters. The van der Waals surface area contributed by atoms with E-state index in [1.165, 1.54) is 24.3 Å². The van der Waals surface area contributed by atoms with Gasteiger partial charge >= 0.3 is 12.1 Å². The van der Waals surface area contributed by atoms with E-state index < -0.39 is 28.5 Å². The number of fused-ring (bicyclic) bond motifs is 1. The Morgan fingerprint density at radius 1 is 1.29 bits per heavy atom. The molecule has 0 aliphatic rings. The van der Waals surface area contributed by atoms with Crippen LogP contribution in [0.15, 0.2) is 24.3 Å². The quantitative estimate of drug-likeness (QED) is 0.703. The van der Waals surface area contributed by atoms with Gasteiger partial charge in [0.1, 0.15) is 10.7 Å². The number of carbonyl (C=O) groups is 1. The van der Waals surface area contributed by atoms with Crippen LogP contribution in [-0.4, -0.2) is 20.5 Å². The largest absolute Gasteiger partial charge is 0.477 e. The molecule has 0 aliphatic heterocycles. The maximum atomic E-state index is 13.4. The van der Waals surface area contributed by atoms with E-state index in [0.717, 1.165) is 4.40 Å². The average molecular weight is 358 g/mol. The van der Waals surface area contributed by atoms with Crippen LogP contribution in [0, 0.1) is 5.82 Å². The normalized spacial score (nSPS) is 12.0. The molecule has 1 N–H and O–H groups in total. The van der Waals surface area contributed by atoms with E-state index in [2.05, 4.69) is 4.98 Å². The van der Waals surface area contributed by atoms with E-state index in [4.69, 9.17) is 5.11 Å². The van der Waals surface area contributed by atoms with E-state index in [0.29, 0.717) is 16.9 Å². The number of aromatic nitrogens is 2. The van der Waals surface area contributed by atoms with Gasteiger partial charge in [0.15, 0.2) is 10.7 Å². The summed E-state index contributed by atoms with van der Waals surface area (Å²) < 4.78 is 54.1. The Morgan fingerprint density at radius 3 is 2.42 bits per heavy atom. The first-order chi connectivity index (χ1) is 11.2. The third-order valence-corrected chi connectivity index (χ3v) is 4.52. The Morgan fingerprint density at radius 2 is 1.92 bits per heavy atom. The van der Waals surface area contributed by atoms with Crippen LogP contribution in [0.3, 0.4) is 0 Å². The number of benzene rings is 1. The molecule has 0 amide bonds. The van der Waals surface area contributed by atoms with Crippen molar-refractivity contribution in [1.82, 2.24) is 9.38 Å². The van der Waals surface area contributed by atoms with Crippen molar-refractivity contribution in [2.24, 2.45) is 0 Å². The fourth-order valence-electron chi connectivity index (χ4n) is 2.54. The highest BCUT2D eigenvalue weighted by molar-refractivity contribution is 7.19. The molecule has 2 heterocycles. The fraction of sp³-hybridized carbons (Fsp3) is 0.200. The van der Waals surface area contributed by atoms with Gasteiger partial charge in [-0.3, -0.25) is 4.40 Å². The van der Waals surface area contributed by atoms with E-state index in [1.807, 2.05) is 0 Å². The lowest BCUT2D eigenvalue weighted by atomic mass is 10.1. The number of hydrogen-bond donors (Lipinski definition) is 1. The molecule has 4 nitrogen and oxygen atoms in total. The van der Waals surface area contributed by atoms with E-state index in [1.54, 1.807) is 6.92 Å². The van der Waals surface area contributed by atoms with Crippen LogP contribution < -0.4 is 0 Å². The maximum absolute atomic E-state index is 13.4. The van der Waals surface area contributed by atoms with Crippen LogP contribution in [0.2, 0.25) is 0 Å². The van der Waals surface area contributed by atoms with Crippen LogP contribution in [0.4, 0.5) is 17.6 Å². The number of alkyl halides is 3. The molecular weight excluding hydrogens is 348 g/mol. The summed E-state index contributed by atoms with van der Waals surface area (Å²) in [6, 6.07) is 5.23. The lowest BCUT2D eigenvalue weighted by molar-refractivity contribution is -0.142. The van der Waals surface area contributed by atoms with Crippen molar-refractivity contribution in [2.45, 2.75) is 19.5 Å². The molecule has 0 spiro atoms. The van der Waals surface area contributed by atoms with Crippen LogP contribution >= 0.6 is 11.3 Å². The summed E-state index contributed by atoms with van der Waals surface area (Å²) in [5.41, 5.74) is -0.263. The van der Waals surface area contributed by atoms with Crippen LogP contribution in [0.5, 0.6) is 0 Å². The molecule has 0 bridgehead atoms. The molecular formula is C15H10F4N2O2S. The van der Waals surface area contributed by atoms with Gasteiger partial charge in [-0.15, -0.1) is 0 Å². The number of nitrogens with zero attached hydrogens (tertiary/aromatic N) is 2. The van der Waals surface area contributed by atoms with Crippen molar-refractivity contribution in [1.29, 1.82) is 0 Å². The minimum Gasteiger partial charge on any atom is -0.477 e. The summed E-state index contributed by atoms with van der Waals surface area (Å²) >= 11 is 0.465. The van der Waals surface area contributed by atoms with Crippen molar-refractivity contribution < 1.29 is 27.5 Å². The van der Waals surface area contributed by atoms with Crippen molar-refractivity contribution in [3.63, 3.8) is 0 Å². The van der Waals surface area contributed by atoms with Gasteiger partial charge in [0.25, 0.3) is 0 Å². The number of hydrogen-bond acceptors (Lipinski definition) is 3. The first-order valence-corrected chi connectivity index (χ1v) is 7.66. The van der Waals surface area contributed by atoms with Gasteiger partial charge < -0.3 is 5.11 Å². The number of aromatic carboxylic acids is 1. The van der Waals surface area contributed by atoms with Gasteiger partial charge in [0.2, 0.25) is 0 Å². The molecule has 0 saturated heterocycles. The lowest BCUT2D eigenvalue weighted by Gasteiger charge is -2.09. The summed E-state index contributed by atoms with van der Waals surface area (Å²) in [5, 5.41) is 9.06. The highest BCUT2D eigenvalue weighted by Gasteiger charge is 2.41. The van der Waals surface area contributed by atoms with Gasteiger partial charge in [-0.1, -0.05) is 18.3 Å². The van der Waals surface area contributed by atoms with E-state index in [-0.39, 0.29) is 22.8 Å². The molecule has 0 saturated carbocycles. The zero-order chi connectivity index (χ0) is 17.6. The molecule has 0 atom stereocenters. The molecule has 2 aromatic heterocycles. The number of carboxylic acids is 1. The SMILES string of the molecule is CCc1c(-c2ccc(F)cc2)nc2sc(C(=O)O)c(C(F)(F)F)n12. The Bertz CT molecular complexity index is 926. The molecule has 9 heteroatoms. The molecule has 0 radical (unpaired) electrons. The summed E-state index contributed by atoms with van der Waals surface area (Å²) in [6.45, 7) is 1.65. The third kappa shape index (κ3) is 2.54. The highest BCUT2D eigenvalue weighted by atomic mass is 32.1. The Kier molecular flexibility index (Phi) is 3.83. The van der Waals surface area contributed by atoms with Crippen molar-refractivity contribution >= 4 is 22.3 Å². The fourth-order valence-corrected chi connectivity index (χ4v) is 3.54. The molecule has 3 rings (SSSR count). The number of rotatable bonds is 3. The minimum absolute atomic E-state index is 0.0594. The minimum atomic E-state index is -4.84. The van der Waals surface area contributed by atoms with Gasteiger partial charge in [-0.2, -0.15) is 13.2 Å². The zero-order valence-corrected chi connectivity index (χ0v) is 13.0. The molecule has 0 aliphatic carbocycles. The summed E-state index contributed by atoms with van der Waals surface area (Å²) in [4.78, 5) is 14.5. The lowest BCUT2D eigenvalue weighted by Crippen LogP contribution is -2.15. The highest BCUT2D eigenvalue weighted by Crippen LogP contribution is 2.40. The maximum Gasteiger partial charge on any atom is 0.433 e. The number of thiazole rings is 1. The molecule has 1 aromatic carbocycles. The number of aryl methyl sites for hydroxylation is 1. The number of halogens is 4. The smallest absolute Gasteiger partial charge is 0.433 e. The van der Waals surface area contributed by atoms with Crippen molar-refractivity contribution in [2.75, 3.05) is 0 Å². The first-order valence-electron chi connectivity index (χ1n) is 6.84. The second-order valence-electron chi connectivity index (χ2n) is 4.97.